The zero-order valence-corrected chi connectivity index (χ0v) is 12.9. The molecule has 110 valence electrons. The van der Waals surface area contributed by atoms with Crippen LogP contribution in [0.3, 0.4) is 0 Å². The summed E-state index contributed by atoms with van der Waals surface area (Å²) in [6, 6.07) is 9.86. The lowest BCUT2D eigenvalue weighted by Gasteiger charge is -2.11. The number of hydrogen-bond donors (Lipinski definition) is 2. The van der Waals surface area contributed by atoms with Crippen LogP contribution in [-0.4, -0.2) is 13.3 Å². The quantitative estimate of drug-likeness (QED) is 0.486. The highest BCUT2D eigenvalue weighted by molar-refractivity contribution is 9.10. The van der Waals surface area contributed by atoms with Crippen molar-refractivity contribution in [3.63, 3.8) is 0 Å². The van der Waals surface area contributed by atoms with Gasteiger partial charge in [-0.15, -0.1) is 0 Å². The van der Waals surface area contributed by atoms with Crippen molar-refractivity contribution in [3.05, 3.63) is 57.1 Å². The maximum atomic E-state index is 12.3. The fraction of sp³-hybridized carbons (Fsp3) is 0. The number of non-ortho nitro benzene ring substituents is 1. The number of sulfonamides is 1. The molecule has 7 nitrogen and oxygen atoms in total. The van der Waals surface area contributed by atoms with E-state index in [9.17, 15) is 18.5 Å². The molecule has 0 aliphatic heterocycles. The minimum absolute atomic E-state index is 0.191. The summed E-state index contributed by atoms with van der Waals surface area (Å²) in [5.41, 5.74) is 5.48. The van der Waals surface area contributed by atoms with Crippen LogP contribution in [0.2, 0.25) is 0 Å². The monoisotopic (exact) mass is 371 g/mol. The molecular weight excluding hydrogens is 362 g/mol. The van der Waals surface area contributed by atoms with Gasteiger partial charge in [-0.2, -0.15) is 0 Å². The molecule has 2 aromatic carbocycles. The summed E-state index contributed by atoms with van der Waals surface area (Å²) in [4.78, 5) is 9.77. The highest BCUT2D eigenvalue weighted by atomic mass is 79.9. The molecule has 0 fully saturated rings. The Bertz CT molecular complexity index is 808. The number of halogens is 1. The smallest absolute Gasteiger partial charge is 0.271 e. The first-order valence-corrected chi connectivity index (χ1v) is 7.90. The summed E-state index contributed by atoms with van der Waals surface area (Å²) < 4.78 is 27.5. The molecule has 0 heterocycles. The minimum atomic E-state index is -3.94. The summed E-state index contributed by atoms with van der Waals surface area (Å²) in [6.45, 7) is 0. The molecule has 2 aromatic rings. The van der Waals surface area contributed by atoms with E-state index in [1.807, 2.05) is 0 Å². The fourth-order valence-corrected chi connectivity index (χ4v) is 3.35. The summed E-state index contributed by atoms with van der Waals surface area (Å²) in [6.07, 6.45) is 0. The number of para-hydroxylation sites is 1. The summed E-state index contributed by atoms with van der Waals surface area (Å²) >= 11 is 3.22. The first-order valence-electron chi connectivity index (χ1n) is 5.62. The number of benzene rings is 2. The molecule has 2 rings (SSSR count). The van der Waals surface area contributed by atoms with Crippen LogP contribution in [0.15, 0.2) is 51.8 Å². The maximum Gasteiger partial charge on any atom is 0.271 e. The van der Waals surface area contributed by atoms with Gasteiger partial charge in [0.05, 0.1) is 16.3 Å². The van der Waals surface area contributed by atoms with Crippen LogP contribution in [0.25, 0.3) is 0 Å². The van der Waals surface area contributed by atoms with Crippen molar-refractivity contribution < 1.29 is 13.3 Å². The summed E-state index contributed by atoms with van der Waals surface area (Å²) in [5, 5.41) is 10.6. The zero-order chi connectivity index (χ0) is 15.6. The van der Waals surface area contributed by atoms with Gasteiger partial charge >= 0.3 is 0 Å². The highest BCUT2D eigenvalue weighted by Gasteiger charge is 2.20. The van der Waals surface area contributed by atoms with E-state index in [1.54, 1.807) is 24.3 Å². The van der Waals surface area contributed by atoms with Crippen LogP contribution in [0.1, 0.15) is 0 Å². The Morgan fingerprint density at radius 2 is 1.86 bits per heavy atom. The van der Waals surface area contributed by atoms with Crippen LogP contribution in [0, 0.1) is 10.1 Å². The van der Waals surface area contributed by atoms with Gasteiger partial charge in [0.25, 0.3) is 15.7 Å². The molecule has 0 atom stereocenters. The van der Waals surface area contributed by atoms with E-state index in [-0.39, 0.29) is 16.3 Å². The Balaban J connectivity index is 2.41. The number of rotatable bonds is 4. The number of nitrogen functional groups attached to an aromatic ring is 1. The van der Waals surface area contributed by atoms with E-state index in [0.717, 1.165) is 18.2 Å². The van der Waals surface area contributed by atoms with Crippen molar-refractivity contribution in [1.82, 2.24) is 0 Å². The third-order valence-corrected chi connectivity index (χ3v) is 4.74. The van der Waals surface area contributed by atoms with E-state index in [4.69, 9.17) is 5.73 Å². The van der Waals surface area contributed by atoms with E-state index < -0.39 is 14.9 Å². The lowest BCUT2D eigenvalue weighted by molar-refractivity contribution is -0.384. The molecule has 3 N–H and O–H groups in total. The Morgan fingerprint density at radius 3 is 2.43 bits per heavy atom. The lowest BCUT2D eigenvalue weighted by atomic mass is 10.3. The number of anilines is 2. The summed E-state index contributed by atoms with van der Waals surface area (Å²) in [7, 11) is -3.94. The molecule has 0 aliphatic carbocycles. The molecule has 21 heavy (non-hydrogen) atoms. The Labute approximate surface area is 129 Å². The molecule has 0 aliphatic rings. The van der Waals surface area contributed by atoms with Crippen LogP contribution in [0.4, 0.5) is 17.1 Å². The molecular formula is C12H10BrN3O4S. The fourth-order valence-electron chi connectivity index (χ4n) is 1.64. The Hall–Kier alpha value is -2.13. The Morgan fingerprint density at radius 1 is 1.19 bits per heavy atom. The minimum Gasteiger partial charge on any atom is -0.397 e. The summed E-state index contributed by atoms with van der Waals surface area (Å²) in [5.74, 6) is 0. The van der Waals surface area contributed by atoms with E-state index in [0.29, 0.717) is 10.2 Å². The zero-order valence-electron chi connectivity index (χ0n) is 10.5. The first-order chi connectivity index (χ1) is 9.81. The average Bonchev–Trinajstić information content (AvgIpc) is 2.40. The van der Waals surface area contributed by atoms with Crippen LogP contribution < -0.4 is 10.5 Å². The third-order valence-electron chi connectivity index (χ3n) is 2.61. The van der Waals surface area contributed by atoms with Crippen molar-refractivity contribution in [3.8, 4) is 0 Å². The van der Waals surface area contributed by atoms with Crippen molar-refractivity contribution in [2.24, 2.45) is 0 Å². The predicted octanol–water partition coefficient (Wildman–Crippen LogP) is 2.74. The van der Waals surface area contributed by atoms with Crippen molar-refractivity contribution in [2.75, 3.05) is 10.5 Å². The predicted molar refractivity (Wildman–Crippen MR) is 82.5 cm³/mol. The average molecular weight is 372 g/mol. The number of nitrogens with one attached hydrogen (secondary N) is 1. The van der Waals surface area contributed by atoms with Crippen molar-refractivity contribution in [2.45, 2.75) is 4.90 Å². The molecule has 0 spiro atoms. The number of nitrogens with zero attached hydrogens (tertiary/aromatic N) is 1. The SMILES string of the molecule is Nc1cc([N+](=O)[O-])ccc1S(=O)(=O)Nc1ccccc1Br. The van der Waals surface area contributed by atoms with E-state index in [2.05, 4.69) is 20.7 Å². The van der Waals surface area contributed by atoms with Gasteiger partial charge in [-0.25, -0.2) is 8.42 Å². The maximum absolute atomic E-state index is 12.3. The second kappa shape index (κ2) is 5.70. The molecule has 0 aromatic heterocycles. The van der Waals surface area contributed by atoms with Crippen molar-refractivity contribution >= 4 is 43.0 Å². The second-order valence-electron chi connectivity index (χ2n) is 4.06. The third kappa shape index (κ3) is 3.31. The largest absolute Gasteiger partial charge is 0.397 e. The van der Waals surface area contributed by atoms with Gasteiger partial charge in [-0.05, 0) is 34.1 Å². The number of nitro benzene ring substituents is 1. The molecule has 0 unspecified atom stereocenters. The number of hydrogen-bond acceptors (Lipinski definition) is 5. The van der Waals surface area contributed by atoms with Gasteiger partial charge in [-0.1, -0.05) is 12.1 Å². The molecule has 9 heteroatoms. The molecule has 0 radical (unpaired) electrons. The second-order valence-corrected chi connectivity index (χ2v) is 6.57. The van der Waals surface area contributed by atoms with Gasteiger partial charge < -0.3 is 5.73 Å². The lowest BCUT2D eigenvalue weighted by Crippen LogP contribution is -2.15. The van der Waals surface area contributed by atoms with Gasteiger partial charge in [0.1, 0.15) is 4.90 Å². The molecule has 0 bridgehead atoms. The molecule has 0 saturated carbocycles. The van der Waals surface area contributed by atoms with E-state index in [1.165, 1.54) is 0 Å². The van der Waals surface area contributed by atoms with Gasteiger partial charge in [0.15, 0.2) is 0 Å². The van der Waals surface area contributed by atoms with Gasteiger partial charge in [0, 0.05) is 16.6 Å². The van der Waals surface area contributed by atoms with Gasteiger partial charge in [-0.3, -0.25) is 14.8 Å². The molecule has 0 amide bonds. The Kier molecular flexibility index (Phi) is 4.14. The van der Waals surface area contributed by atoms with Gasteiger partial charge in [0.2, 0.25) is 0 Å². The van der Waals surface area contributed by atoms with E-state index >= 15 is 0 Å². The first kappa shape index (κ1) is 15.3. The van der Waals surface area contributed by atoms with Crippen molar-refractivity contribution in [1.29, 1.82) is 0 Å². The topological polar surface area (TPSA) is 115 Å². The molecule has 0 saturated heterocycles. The normalized spacial score (nSPS) is 11.1. The number of nitrogens with two attached hydrogens (primary N) is 1. The standard InChI is InChI=1S/C12H10BrN3O4S/c13-9-3-1-2-4-11(9)15-21(19,20)12-6-5-8(16(17)18)7-10(12)14/h1-7,15H,14H2. The number of nitro groups is 1. The van der Waals surface area contributed by atoms with Crippen LogP contribution >= 0.6 is 15.9 Å². The van der Waals surface area contributed by atoms with Crippen LogP contribution in [-0.2, 0) is 10.0 Å². The van der Waals surface area contributed by atoms with Crippen LogP contribution in [0.5, 0.6) is 0 Å². The highest BCUT2D eigenvalue weighted by Crippen LogP contribution is 2.28.